The molecule has 1 saturated heterocycles. The third kappa shape index (κ3) is 4.27. The van der Waals surface area contributed by atoms with E-state index in [2.05, 4.69) is 4.90 Å². The number of halogens is 3. The van der Waals surface area contributed by atoms with Crippen molar-refractivity contribution >= 4 is 40.5 Å². The van der Waals surface area contributed by atoms with E-state index < -0.39 is 9.90 Å². The minimum absolute atomic E-state index is 0.647. The molecule has 0 aromatic heterocycles. The first kappa shape index (κ1) is 15.9. The van der Waals surface area contributed by atoms with Gasteiger partial charge in [-0.25, -0.2) is 0 Å². The van der Waals surface area contributed by atoms with Gasteiger partial charge in [-0.2, -0.15) is 0 Å². The fourth-order valence-electron chi connectivity index (χ4n) is 2.04. The van der Waals surface area contributed by atoms with E-state index in [1.165, 1.54) is 0 Å². The molecule has 1 aromatic rings. The molecule has 0 spiro atoms. The Labute approximate surface area is 133 Å². The van der Waals surface area contributed by atoms with Crippen LogP contribution >= 0.6 is 34.8 Å². The van der Waals surface area contributed by atoms with Crippen LogP contribution in [0.25, 0.3) is 5.70 Å². The van der Waals surface area contributed by atoms with Gasteiger partial charge in [0.2, 0.25) is 3.79 Å². The summed E-state index contributed by atoms with van der Waals surface area (Å²) in [4.78, 5) is 2.12. The van der Waals surface area contributed by atoms with Gasteiger partial charge >= 0.3 is 0 Å². The van der Waals surface area contributed by atoms with Crippen molar-refractivity contribution in [2.75, 3.05) is 26.3 Å². The molecule has 6 heteroatoms. The maximum atomic E-state index is 10.0. The summed E-state index contributed by atoms with van der Waals surface area (Å²) < 4.78 is 3.60. The molecule has 1 atom stereocenters. The van der Waals surface area contributed by atoms with Crippen molar-refractivity contribution in [1.29, 1.82) is 0 Å². The van der Waals surface area contributed by atoms with E-state index in [1.807, 2.05) is 30.3 Å². The molecule has 1 unspecified atom stereocenters. The van der Waals surface area contributed by atoms with Gasteiger partial charge in [0.05, 0.1) is 13.2 Å². The van der Waals surface area contributed by atoms with Gasteiger partial charge in [-0.3, -0.25) is 0 Å². The van der Waals surface area contributed by atoms with Crippen molar-refractivity contribution in [3.8, 4) is 0 Å². The monoisotopic (exact) mass is 335 g/mol. The minimum Gasteiger partial charge on any atom is -0.384 e. The van der Waals surface area contributed by atoms with Gasteiger partial charge in [-0.15, -0.1) is 0 Å². The zero-order valence-corrected chi connectivity index (χ0v) is 13.1. The van der Waals surface area contributed by atoms with Crippen LogP contribution in [0.15, 0.2) is 36.4 Å². The lowest BCUT2D eigenvalue weighted by Gasteiger charge is -2.32. The molecule has 0 saturated carbocycles. The predicted molar refractivity (Wildman–Crippen MR) is 83.1 cm³/mol. The maximum absolute atomic E-state index is 10.0. The van der Waals surface area contributed by atoms with Crippen LogP contribution in [0.2, 0.25) is 0 Å². The van der Waals surface area contributed by atoms with E-state index in [0.717, 1.165) is 24.4 Å². The topological polar surface area (TPSA) is 32.7 Å². The Balaban J connectivity index is 2.31. The highest BCUT2D eigenvalue weighted by molar-refractivity contribution is 6.68. The molecule has 110 valence electrons. The Morgan fingerprint density at radius 1 is 1.20 bits per heavy atom. The van der Waals surface area contributed by atoms with Crippen molar-refractivity contribution < 1.29 is 9.84 Å². The number of hydrogen-bond acceptors (Lipinski definition) is 3. The number of morpholine rings is 1. The van der Waals surface area contributed by atoms with Crippen LogP contribution in [0.3, 0.4) is 0 Å². The highest BCUT2D eigenvalue weighted by Gasteiger charge is 2.30. The first-order valence-corrected chi connectivity index (χ1v) is 7.46. The summed E-state index contributed by atoms with van der Waals surface area (Å²) in [6.07, 6.45) is 0.416. The molecule has 2 rings (SSSR count). The Morgan fingerprint density at radius 2 is 1.80 bits per heavy atom. The molecule has 1 heterocycles. The van der Waals surface area contributed by atoms with E-state index in [1.54, 1.807) is 6.08 Å². The molecule has 0 amide bonds. The molecule has 0 bridgehead atoms. The van der Waals surface area contributed by atoms with Crippen molar-refractivity contribution in [3.63, 3.8) is 0 Å². The van der Waals surface area contributed by atoms with Crippen LogP contribution in [-0.4, -0.2) is 46.2 Å². The third-order valence-corrected chi connectivity index (χ3v) is 3.74. The van der Waals surface area contributed by atoms with E-state index in [4.69, 9.17) is 39.5 Å². The van der Waals surface area contributed by atoms with E-state index in [-0.39, 0.29) is 0 Å². The molecule has 1 aromatic carbocycles. The average molecular weight is 337 g/mol. The summed E-state index contributed by atoms with van der Waals surface area (Å²) in [5.74, 6) is 0. The lowest BCUT2D eigenvalue weighted by Crippen LogP contribution is -2.36. The second-order valence-corrected chi connectivity index (χ2v) is 6.87. The number of nitrogens with zero attached hydrogens (tertiary/aromatic N) is 1. The van der Waals surface area contributed by atoms with Crippen LogP contribution in [0, 0.1) is 0 Å². The summed E-state index contributed by atoms with van der Waals surface area (Å²) in [6.45, 7) is 2.78. The van der Waals surface area contributed by atoms with E-state index >= 15 is 0 Å². The Bertz CT molecular complexity index is 453. The average Bonchev–Trinajstić information content (AvgIpc) is 2.45. The maximum Gasteiger partial charge on any atom is 0.219 e. The third-order valence-electron chi connectivity index (χ3n) is 3.07. The zero-order chi connectivity index (χ0) is 14.6. The SMILES string of the molecule is OC(/C=C(\c1ccccc1)N1CCOCC1)C(Cl)(Cl)Cl. The van der Waals surface area contributed by atoms with Gasteiger partial charge in [0.25, 0.3) is 0 Å². The van der Waals surface area contributed by atoms with Crippen molar-refractivity contribution in [3.05, 3.63) is 42.0 Å². The predicted octanol–water partition coefficient (Wildman–Crippen LogP) is 3.09. The van der Waals surface area contributed by atoms with Gasteiger partial charge in [0.15, 0.2) is 0 Å². The number of benzene rings is 1. The Kier molecular flexibility index (Phi) is 5.58. The molecule has 1 aliphatic rings. The van der Waals surface area contributed by atoms with Gasteiger partial charge < -0.3 is 14.7 Å². The van der Waals surface area contributed by atoms with Crippen LogP contribution in [-0.2, 0) is 4.74 Å². The highest BCUT2D eigenvalue weighted by atomic mass is 35.6. The van der Waals surface area contributed by atoms with Crippen molar-refractivity contribution in [2.45, 2.75) is 9.90 Å². The summed E-state index contributed by atoms with van der Waals surface area (Å²) >= 11 is 17.2. The van der Waals surface area contributed by atoms with Crippen LogP contribution in [0.5, 0.6) is 0 Å². The Morgan fingerprint density at radius 3 is 2.35 bits per heavy atom. The van der Waals surface area contributed by atoms with Gasteiger partial charge in [0, 0.05) is 18.8 Å². The molecular weight excluding hydrogens is 321 g/mol. The first-order valence-electron chi connectivity index (χ1n) is 6.33. The number of hydrogen-bond donors (Lipinski definition) is 1. The number of ether oxygens (including phenoxy) is 1. The van der Waals surface area contributed by atoms with Crippen molar-refractivity contribution in [1.82, 2.24) is 4.90 Å². The standard InChI is InChI=1S/C14H16Cl3NO2/c15-14(16,17)13(19)10-12(11-4-2-1-3-5-11)18-6-8-20-9-7-18/h1-5,10,13,19H,6-9H2/b12-10+. The molecule has 1 N–H and O–H groups in total. The number of rotatable bonds is 3. The van der Waals surface area contributed by atoms with Crippen molar-refractivity contribution in [2.24, 2.45) is 0 Å². The second kappa shape index (κ2) is 7.01. The summed E-state index contributed by atoms with van der Waals surface area (Å²) in [5.41, 5.74) is 1.83. The van der Waals surface area contributed by atoms with E-state index in [9.17, 15) is 5.11 Å². The normalized spacial score (nSPS) is 19.0. The minimum atomic E-state index is -1.74. The van der Waals surface area contributed by atoms with Gasteiger partial charge in [-0.1, -0.05) is 65.1 Å². The molecule has 20 heavy (non-hydrogen) atoms. The first-order chi connectivity index (χ1) is 9.48. The number of aliphatic hydroxyl groups excluding tert-OH is 1. The fourth-order valence-corrected chi connectivity index (χ4v) is 2.23. The van der Waals surface area contributed by atoms with E-state index in [0.29, 0.717) is 13.2 Å². The van der Waals surface area contributed by atoms with Crippen LogP contribution in [0.1, 0.15) is 5.56 Å². The summed E-state index contributed by atoms with van der Waals surface area (Å²) in [6, 6.07) is 9.74. The quantitative estimate of drug-likeness (QED) is 0.861. The fraction of sp³-hybridized carbons (Fsp3) is 0.429. The van der Waals surface area contributed by atoms with Gasteiger partial charge in [0.1, 0.15) is 6.10 Å². The molecular formula is C14H16Cl3NO2. The molecule has 0 radical (unpaired) electrons. The summed E-state index contributed by atoms with van der Waals surface area (Å²) in [5, 5.41) is 10.0. The molecule has 0 aliphatic carbocycles. The number of alkyl halides is 3. The zero-order valence-electron chi connectivity index (χ0n) is 10.8. The lowest BCUT2D eigenvalue weighted by molar-refractivity contribution is 0.0635. The van der Waals surface area contributed by atoms with Crippen LogP contribution < -0.4 is 0 Å². The van der Waals surface area contributed by atoms with Crippen LogP contribution in [0.4, 0.5) is 0 Å². The summed E-state index contributed by atoms with van der Waals surface area (Å²) in [7, 11) is 0. The lowest BCUT2D eigenvalue weighted by atomic mass is 10.1. The second-order valence-electron chi connectivity index (χ2n) is 4.50. The number of aliphatic hydroxyl groups is 1. The molecule has 3 nitrogen and oxygen atoms in total. The smallest absolute Gasteiger partial charge is 0.219 e. The Hall–Kier alpha value is -0.450. The molecule has 1 fully saturated rings. The molecule has 1 aliphatic heterocycles. The highest BCUT2D eigenvalue weighted by Crippen LogP contribution is 2.33. The van der Waals surface area contributed by atoms with Gasteiger partial charge in [-0.05, 0) is 11.6 Å². The largest absolute Gasteiger partial charge is 0.384 e.